The third-order valence-corrected chi connectivity index (χ3v) is 7.39. The fourth-order valence-corrected chi connectivity index (χ4v) is 5.09. The maximum Gasteiger partial charge on any atom is 0.243 e. The number of nitrogens with one attached hydrogen (secondary N) is 1. The van der Waals surface area contributed by atoms with Crippen LogP contribution in [0.4, 0.5) is 0 Å². The molecule has 0 saturated carbocycles. The van der Waals surface area contributed by atoms with Gasteiger partial charge in [-0.1, -0.05) is 71.8 Å². The number of hydrogen-bond acceptors (Lipinski definition) is 3. The van der Waals surface area contributed by atoms with E-state index in [1.165, 1.54) is 34.1 Å². The summed E-state index contributed by atoms with van der Waals surface area (Å²) in [4.78, 5) is 12.9. The summed E-state index contributed by atoms with van der Waals surface area (Å²) in [5, 5.41) is 3.39. The van der Waals surface area contributed by atoms with Gasteiger partial charge in [-0.05, 0) is 62.1 Å². The molecule has 0 aliphatic rings. The predicted molar refractivity (Wildman–Crippen MR) is 133 cm³/mol. The molecular formula is C26H29ClN2O3S. The van der Waals surface area contributed by atoms with Gasteiger partial charge >= 0.3 is 0 Å². The quantitative estimate of drug-likeness (QED) is 0.441. The van der Waals surface area contributed by atoms with E-state index in [1.54, 1.807) is 0 Å². The Labute approximate surface area is 201 Å². The normalized spacial score (nSPS) is 12.5. The molecule has 0 unspecified atom stereocenters. The van der Waals surface area contributed by atoms with Crippen molar-refractivity contribution in [1.29, 1.82) is 0 Å². The number of carbonyl (C=O) groups excluding carboxylic acids is 1. The molecule has 174 valence electrons. The summed E-state index contributed by atoms with van der Waals surface area (Å²) in [7, 11) is -3.90. The van der Waals surface area contributed by atoms with E-state index < -0.39 is 10.0 Å². The zero-order chi connectivity index (χ0) is 23.8. The molecule has 1 atom stereocenters. The molecule has 0 spiro atoms. The van der Waals surface area contributed by atoms with Crippen LogP contribution in [0.15, 0.2) is 83.8 Å². The second-order valence-electron chi connectivity index (χ2n) is 8.21. The van der Waals surface area contributed by atoms with Crippen LogP contribution in [0.2, 0.25) is 5.02 Å². The minimum Gasteiger partial charge on any atom is -0.352 e. The fourth-order valence-electron chi connectivity index (χ4n) is 3.58. The van der Waals surface area contributed by atoms with Gasteiger partial charge in [-0.25, -0.2) is 8.42 Å². The topological polar surface area (TPSA) is 66.5 Å². The Bertz CT molecular complexity index is 1170. The van der Waals surface area contributed by atoms with E-state index in [2.05, 4.69) is 17.4 Å². The minimum atomic E-state index is -3.90. The number of aryl methyl sites for hydroxylation is 2. The van der Waals surface area contributed by atoms with Crippen molar-refractivity contribution in [1.82, 2.24) is 9.62 Å². The van der Waals surface area contributed by atoms with E-state index in [1.807, 2.05) is 56.3 Å². The van der Waals surface area contributed by atoms with Gasteiger partial charge in [-0.3, -0.25) is 4.79 Å². The monoisotopic (exact) mass is 484 g/mol. The molecule has 33 heavy (non-hydrogen) atoms. The molecule has 3 rings (SSSR count). The molecule has 3 aromatic carbocycles. The first kappa shape index (κ1) is 25.0. The largest absolute Gasteiger partial charge is 0.352 e. The summed E-state index contributed by atoms with van der Waals surface area (Å²) in [5.74, 6) is -0.333. The third-order valence-electron chi connectivity index (χ3n) is 5.33. The highest BCUT2D eigenvalue weighted by molar-refractivity contribution is 7.89. The summed E-state index contributed by atoms with van der Waals surface area (Å²) < 4.78 is 27.9. The molecule has 0 saturated heterocycles. The van der Waals surface area contributed by atoms with Gasteiger partial charge in [0.05, 0.1) is 11.4 Å². The van der Waals surface area contributed by atoms with Crippen LogP contribution in [0.5, 0.6) is 0 Å². The van der Waals surface area contributed by atoms with E-state index in [9.17, 15) is 13.2 Å². The van der Waals surface area contributed by atoms with E-state index in [-0.39, 0.29) is 29.9 Å². The van der Waals surface area contributed by atoms with E-state index in [0.29, 0.717) is 5.02 Å². The summed E-state index contributed by atoms with van der Waals surface area (Å²) in [6.45, 7) is 3.70. The number of sulfonamides is 1. The number of nitrogens with zero attached hydrogens (tertiary/aromatic N) is 1. The minimum absolute atomic E-state index is 0.0863. The SMILES string of the molecule is Cc1cccc(CN(CC(=O)N[C@H](C)CCc2ccccc2)S(=O)(=O)c2ccc(Cl)cc2)c1. The Hall–Kier alpha value is -2.67. The van der Waals surface area contributed by atoms with Gasteiger partial charge in [-0.2, -0.15) is 4.31 Å². The Balaban J connectivity index is 1.72. The molecule has 0 radical (unpaired) electrons. The van der Waals surface area contributed by atoms with Crippen LogP contribution in [0.25, 0.3) is 0 Å². The first-order valence-electron chi connectivity index (χ1n) is 10.9. The number of amides is 1. The molecule has 7 heteroatoms. The number of hydrogen-bond donors (Lipinski definition) is 1. The molecule has 0 bridgehead atoms. The Kier molecular flexibility index (Phi) is 8.67. The lowest BCUT2D eigenvalue weighted by Crippen LogP contribution is -2.43. The first-order chi connectivity index (χ1) is 15.7. The maximum absolute atomic E-state index is 13.4. The van der Waals surface area contributed by atoms with E-state index in [0.717, 1.165) is 24.0 Å². The molecule has 0 aliphatic heterocycles. The third kappa shape index (κ3) is 7.42. The average Bonchev–Trinajstić information content (AvgIpc) is 2.78. The Morgan fingerprint density at radius 1 is 0.970 bits per heavy atom. The number of carbonyl (C=O) groups is 1. The summed E-state index contributed by atoms with van der Waals surface area (Å²) in [6, 6.07) is 23.6. The van der Waals surface area contributed by atoms with Crippen LogP contribution in [0, 0.1) is 6.92 Å². The van der Waals surface area contributed by atoms with Gasteiger partial charge in [0, 0.05) is 17.6 Å². The van der Waals surface area contributed by atoms with Crippen molar-refractivity contribution in [3.05, 3.63) is 101 Å². The van der Waals surface area contributed by atoms with Gasteiger partial charge in [-0.15, -0.1) is 0 Å². The average molecular weight is 485 g/mol. The van der Waals surface area contributed by atoms with Crippen LogP contribution >= 0.6 is 11.6 Å². The molecule has 1 N–H and O–H groups in total. The highest BCUT2D eigenvalue weighted by Crippen LogP contribution is 2.21. The molecule has 0 aliphatic carbocycles. The van der Waals surface area contributed by atoms with Crippen molar-refractivity contribution in [3.8, 4) is 0 Å². The van der Waals surface area contributed by atoms with E-state index in [4.69, 9.17) is 11.6 Å². The van der Waals surface area contributed by atoms with Gasteiger partial charge in [0.1, 0.15) is 0 Å². The fraction of sp³-hybridized carbons (Fsp3) is 0.269. The van der Waals surface area contributed by atoms with Crippen LogP contribution < -0.4 is 5.32 Å². The molecule has 0 aromatic heterocycles. The number of halogens is 1. The zero-order valence-electron chi connectivity index (χ0n) is 18.9. The Morgan fingerprint density at radius 2 is 1.64 bits per heavy atom. The van der Waals surface area contributed by atoms with Gasteiger partial charge in [0.15, 0.2) is 0 Å². The van der Waals surface area contributed by atoms with Crippen molar-refractivity contribution < 1.29 is 13.2 Å². The molecule has 1 amide bonds. The van der Waals surface area contributed by atoms with Crippen molar-refractivity contribution in [2.24, 2.45) is 0 Å². The number of rotatable bonds is 10. The van der Waals surface area contributed by atoms with Crippen molar-refractivity contribution >= 4 is 27.5 Å². The van der Waals surface area contributed by atoms with Gasteiger partial charge in [0.25, 0.3) is 0 Å². The smallest absolute Gasteiger partial charge is 0.243 e. The predicted octanol–water partition coefficient (Wildman–Crippen LogP) is 4.98. The second-order valence-corrected chi connectivity index (χ2v) is 10.6. The lowest BCUT2D eigenvalue weighted by atomic mass is 10.1. The van der Waals surface area contributed by atoms with Crippen molar-refractivity contribution in [2.75, 3.05) is 6.54 Å². The lowest BCUT2D eigenvalue weighted by Gasteiger charge is -2.23. The molecule has 0 fully saturated rings. The summed E-state index contributed by atoms with van der Waals surface area (Å²) in [6.07, 6.45) is 1.59. The van der Waals surface area contributed by atoms with Gasteiger partial charge < -0.3 is 5.32 Å². The molecular weight excluding hydrogens is 456 g/mol. The van der Waals surface area contributed by atoms with Crippen molar-refractivity contribution in [2.45, 2.75) is 44.2 Å². The second kappa shape index (κ2) is 11.5. The summed E-state index contributed by atoms with van der Waals surface area (Å²) in [5.41, 5.74) is 3.04. The molecule has 0 heterocycles. The zero-order valence-corrected chi connectivity index (χ0v) is 20.4. The first-order valence-corrected chi connectivity index (χ1v) is 12.7. The van der Waals surface area contributed by atoms with Crippen LogP contribution in [0.3, 0.4) is 0 Å². The van der Waals surface area contributed by atoms with Crippen LogP contribution in [0.1, 0.15) is 30.0 Å². The number of benzene rings is 3. The van der Waals surface area contributed by atoms with Crippen LogP contribution in [-0.2, 0) is 27.8 Å². The standard InChI is InChI=1S/C26H29ClN2O3S/c1-20-7-6-10-23(17-20)18-29(33(31,32)25-15-13-24(27)14-16-25)19-26(30)28-21(2)11-12-22-8-4-3-5-9-22/h3-10,13-17,21H,11-12,18-19H2,1-2H3,(H,28,30)/t21-/m1/s1. The van der Waals surface area contributed by atoms with Crippen LogP contribution in [-0.4, -0.2) is 31.2 Å². The highest BCUT2D eigenvalue weighted by Gasteiger charge is 2.27. The maximum atomic E-state index is 13.4. The summed E-state index contributed by atoms with van der Waals surface area (Å²) >= 11 is 5.93. The Morgan fingerprint density at radius 3 is 2.30 bits per heavy atom. The lowest BCUT2D eigenvalue weighted by molar-refractivity contribution is -0.122. The highest BCUT2D eigenvalue weighted by atomic mass is 35.5. The molecule has 3 aromatic rings. The molecule has 5 nitrogen and oxygen atoms in total. The van der Waals surface area contributed by atoms with Gasteiger partial charge in [0.2, 0.25) is 15.9 Å². The van der Waals surface area contributed by atoms with E-state index >= 15 is 0 Å². The van der Waals surface area contributed by atoms with Crippen molar-refractivity contribution in [3.63, 3.8) is 0 Å².